The first-order valence-corrected chi connectivity index (χ1v) is 19.7. The summed E-state index contributed by atoms with van der Waals surface area (Å²) >= 11 is 0. The van der Waals surface area contributed by atoms with E-state index >= 15 is 0 Å². The van der Waals surface area contributed by atoms with E-state index in [1.165, 1.54) is 33.4 Å². The van der Waals surface area contributed by atoms with Crippen molar-refractivity contribution >= 4 is 17.1 Å². The quantitative estimate of drug-likeness (QED) is 0.162. The average molecular weight is 744 g/mol. The van der Waals surface area contributed by atoms with Gasteiger partial charge in [0.2, 0.25) is 0 Å². The predicted octanol–water partition coefficient (Wildman–Crippen LogP) is 14.8. The SMILES string of the molecule is c1ccc(-c2ccc(N(c3ccc(-c4ccccc4)cc3)c3cccc(C4(c5ccccc5)c5ccccc5-c5c4ccc4c5Oc5ccccc5O4)c3)cc2)cc1. The molecule has 0 spiro atoms. The maximum atomic E-state index is 6.77. The summed E-state index contributed by atoms with van der Waals surface area (Å²) in [5.41, 5.74) is 14.2. The molecule has 0 radical (unpaired) electrons. The molecule has 0 saturated carbocycles. The van der Waals surface area contributed by atoms with E-state index in [-0.39, 0.29) is 0 Å². The summed E-state index contributed by atoms with van der Waals surface area (Å²) in [7, 11) is 0. The van der Waals surface area contributed by atoms with Crippen LogP contribution in [0.2, 0.25) is 0 Å². The topological polar surface area (TPSA) is 21.7 Å². The summed E-state index contributed by atoms with van der Waals surface area (Å²) in [4.78, 5) is 2.37. The highest BCUT2D eigenvalue weighted by atomic mass is 16.6. The smallest absolute Gasteiger partial charge is 0.178 e. The fraction of sp³-hybridized carbons (Fsp3) is 0.0182. The van der Waals surface area contributed by atoms with Crippen LogP contribution in [0.5, 0.6) is 23.0 Å². The Morgan fingerprint density at radius 2 is 0.845 bits per heavy atom. The average Bonchev–Trinajstić information content (AvgIpc) is 3.61. The van der Waals surface area contributed by atoms with Crippen LogP contribution >= 0.6 is 0 Å². The van der Waals surface area contributed by atoms with E-state index in [0.29, 0.717) is 11.5 Å². The zero-order valence-electron chi connectivity index (χ0n) is 31.6. The van der Waals surface area contributed by atoms with Gasteiger partial charge in [0.25, 0.3) is 0 Å². The van der Waals surface area contributed by atoms with Crippen molar-refractivity contribution < 1.29 is 9.47 Å². The van der Waals surface area contributed by atoms with Crippen LogP contribution in [0.1, 0.15) is 22.3 Å². The molecule has 3 heteroatoms. The second-order valence-corrected chi connectivity index (χ2v) is 14.8. The number of hydrogen-bond acceptors (Lipinski definition) is 3. The zero-order chi connectivity index (χ0) is 38.5. The maximum absolute atomic E-state index is 6.77. The molecule has 3 nitrogen and oxygen atoms in total. The number of benzene rings is 9. The minimum absolute atomic E-state index is 0.654. The van der Waals surface area contributed by atoms with Crippen molar-refractivity contribution in [2.24, 2.45) is 0 Å². The molecule has 2 aliphatic rings. The van der Waals surface area contributed by atoms with Crippen molar-refractivity contribution in [3.05, 3.63) is 247 Å². The van der Waals surface area contributed by atoms with Gasteiger partial charge >= 0.3 is 0 Å². The molecule has 9 aromatic carbocycles. The van der Waals surface area contributed by atoms with Gasteiger partial charge in [-0.2, -0.15) is 0 Å². The Bertz CT molecular complexity index is 2840. The molecule has 0 amide bonds. The summed E-state index contributed by atoms with van der Waals surface area (Å²) in [6.45, 7) is 0. The van der Waals surface area contributed by atoms with E-state index in [1.54, 1.807) is 0 Å². The van der Waals surface area contributed by atoms with Crippen molar-refractivity contribution in [3.8, 4) is 56.4 Å². The number of fused-ring (bicyclic) bond motifs is 6. The molecule has 0 aromatic heterocycles. The first kappa shape index (κ1) is 33.7. The minimum atomic E-state index is -0.654. The van der Waals surface area contributed by atoms with Crippen molar-refractivity contribution in [2.45, 2.75) is 5.41 Å². The number of anilines is 3. The van der Waals surface area contributed by atoms with Gasteiger partial charge in [0.15, 0.2) is 23.0 Å². The number of ether oxygens (including phenoxy) is 2. The lowest BCUT2D eigenvalue weighted by Crippen LogP contribution is -2.29. The summed E-state index contributed by atoms with van der Waals surface area (Å²) in [6.07, 6.45) is 0. The minimum Gasteiger partial charge on any atom is -0.449 e. The highest BCUT2D eigenvalue weighted by Gasteiger charge is 2.48. The van der Waals surface area contributed by atoms with Crippen molar-refractivity contribution in [2.75, 3.05) is 4.90 Å². The molecule has 0 fully saturated rings. The van der Waals surface area contributed by atoms with Gasteiger partial charge < -0.3 is 14.4 Å². The van der Waals surface area contributed by atoms with Gasteiger partial charge in [-0.15, -0.1) is 0 Å². The third-order valence-electron chi connectivity index (χ3n) is 11.6. The molecule has 0 N–H and O–H groups in total. The normalized spacial score (nSPS) is 14.6. The monoisotopic (exact) mass is 743 g/mol. The summed E-state index contributed by atoms with van der Waals surface area (Å²) in [5.74, 6) is 2.90. The van der Waals surface area contributed by atoms with Crippen LogP contribution in [0.15, 0.2) is 224 Å². The molecule has 1 atom stereocenters. The molecule has 9 aromatic rings. The van der Waals surface area contributed by atoms with Crippen LogP contribution in [0.25, 0.3) is 33.4 Å². The summed E-state index contributed by atoms with van der Waals surface area (Å²) in [5, 5.41) is 0. The Balaban J connectivity index is 1.11. The molecule has 1 aliphatic carbocycles. The molecular weight excluding hydrogens is 707 g/mol. The van der Waals surface area contributed by atoms with Crippen LogP contribution < -0.4 is 14.4 Å². The number of para-hydroxylation sites is 2. The Morgan fingerprint density at radius 1 is 0.328 bits per heavy atom. The van der Waals surface area contributed by atoms with Crippen LogP contribution in [-0.2, 0) is 5.41 Å². The molecule has 1 aliphatic heterocycles. The third kappa shape index (κ3) is 5.43. The van der Waals surface area contributed by atoms with Crippen LogP contribution in [0.4, 0.5) is 17.1 Å². The van der Waals surface area contributed by atoms with Crippen molar-refractivity contribution in [1.29, 1.82) is 0 Å². The molecule has 11 rings (SSSR count). The second-order valence-electron chi connectivity index (χ2n) is 14.8. The highest BCUT2D eigenvalue weighted by molar-refractivity contribution is 5.92. The van der Waals surface area contributed by atoms with Gasteiger partial charge in [0, 0.05) is 22.6 Å². The first-order valence-electron chi connectivity index (χ1n) is 19.7. The molecule has 274 valence electrons. The fourth-order valence-electron chi connectivity index (χ4n) is 9.01. The number of nitrogens with zero attached hydrogens (tertiary/aromatic N) is 1. The molecule has 58 heavy (non-hydrogen) atoms. The van der Waals surface area contributed by atoms with Crippen molar-refractivity contribution in [3.63, 3.8) is 0 Å². The van der Waals surface area contributed by atoms with Gasteiger partial charge in [0.05, 0.1) is 5.41 Å². The van der Waals surface area contributed by atoms with E-state index in [9.17, 15) is 0 Å². The number of hydrogen-bond donors (Lipinski definition) is 0. The van der Waals surface area contributed by atoms with Gasteiger partial charge in [0.1, 0.15) is 0 Å². The highest BCUT2D eigenvalue weighted by Crippen LogP contribution is 2.62. The Morgan fingerprint density at radius 3 is 1.48 bits per heavy atom. The standard InChI is InChI=1S/C55H37NO2/c1-4-15-38(16-5-1)40-27-31-44(32-28-40)56(45-33-29-41(30-34-45)39-17-6-2-7-18-39)46-22-14-21-43(37-46)55(42-19-8-3-9-20-42)48-24-11-10-23-47(48)53-49(55)35-36-52-54(53)58-51-26-13-12-25-50(51)57-52/h1-37H. The lowest BCUT2D eigenvalue weighted by Gasteiger charge is -2.35. The molecular formula is C55H37NO2. The Hall–Kier alpha value is -7.62. The van der Waals surface area contributed by atoms with Gasteiger partial charge in [-0.05, 0) is 105 Å². The summed E-state index contributed by atoms with van der Waals surface area (Å²) < 4.78 is 13.3. The van der Waals surface area contributed by atoms with E-state index in [2.05, 4.69) is 205 Å². The lowest BCUT2D eigenvalue weighted by atomic mass is 9.67. The van der Waals surface area contributed by atoms with Gasteiger partial charge in [-0.3, -0.25) is 0 Å². The van der Waals surface area contributed by atoms with Gasteiger partial charge in [-0.1, -0.05) is 170 Å². The van der Waals surface area contributed by atoms with Gasteiger partial charge in [-0.25, -0.2) is 0 Å². The van der Waals surface area contributed by atoms with E-state index in [1.807, 2.05) is 24.3 Å². The molecule has 0 saturated heterocycles. The van der Waals surface area contributed by atoms with E-state index < -0.39 is 5.41 Å². The van der Waals surface area contributed by atoms with Crippen LogP contribution in [0.3, 0.4) is 0 Å². The Labute approximate surface area is 338 Å². The summed E-state index contributed by atoms with van der Waals surface area (Å²) in [6, 6.07) is 79.9. The lowest BCUT2D eigenvalue weighted by molar-refractivity contribution is 0.360. The maximum Gasteiger partial charge on any atom is 0.178 e. The largest absolute Gasteiger partial charge is 0.449 e. The molecule has 1 heterocycles. The fourth-order valence-corrected chi connectivity index (χ4v) is 9.01. The Kier molecular flexibility index (Phi) is 8.04. The predicted molar refractivity (Wildman–Crippen MR) is 236 cm³/mol. The second kappa shape index (κ2) is 13.8. The zero-order valence-corrected chi connectivity index (χ0v) is 31.6. The number of rotatable bonds is 7. The van der Waals surface area contributed by atoms with E-state index in [4.69, 9.17) is 9.47 Å². The third-order valence-corrected chi connectivity index (χ3v) is 11.6. The van der Waals surface area contributed by atoms with Crippen LogP contribution in [0, 0.1) is 0 Å². The first-order chi connectivity index (χ1) is 28.8. The molecule has 0 bridgehead atoms. The molecule has 1 unspecified atom stereocenters. The van der Waals surface area contributed by atoms with E-state index in [0.717, 1.165) is 50.8 Å². The van der Waals surface area contributed by atoms with Crippen LogP contribution in [-0.4, -0.2) is 0 Å². The van der Waals surface area contributed by atoms with Crippen molar-refractivity contribution in [1.82, 2.24) is 0 Å².